The molecule has 0 radical (unpaired) electrons. The van der Waals surface area contributed by atoms with Gasteiger partial charge in [0, 0.05) is 209 Å². The lowest BCUT2D eigenvalue weighted by atomic mass is 9.87. The standard InChI is InChI=1S/C18H24N2.3C16H20N2.C14H16N2O2.C14H16N2.C8H6O.5C3H4N2/c1-14(16-7-5-15(6-8-16)13-19-2)17-9-11-18(12-10-17)20(3)4;1-10-8-13(17)4-6-15(10)12(3)16-7-5-14(18)9-11(16)2;1-10-8-13(4-6-15(10)17)12(3)14-5-7-16(18)11(2)9-14;1-10-4-6-15(17)13(8-10)12(3)14-9-11(2)5-7-16(14)18;1-8(11-4-2-9(15)6-13(11)17)12-5-3-10(16)7-14(12)18;1-10(11-2-6-13(15)7-3-11)12-4-8-14(16)9-5-12;1-2-4-8-7(3-1)5-6-9-8;5*1-2-5-3-4-1/h5-12,14,19H,13H2,1-4H3;3*4-9,12H,17-18H2,1-3H3;2-8,17-18H,15-16H2,1H3;2-10H,15-16H2,1H3;1-6H;5*1-3H,(H,4,5). The number of hydrogen-bond acceptors (Lipinski definition) is 20. The summed E-state index contributed by atoms with van der Waals surface area (Å²) in [5.41, 5.74) is 90.4. The minimum Gasteiger partial charge on any atom is -0.508 e. The van der Waals surface area contributed by atoms with Crippen molar-refractivity contribution in [2.45, 2.75) is 125 Å². The molecule has 738 valence electrons. The Kier molecular flexibility index (Phi) is 44.8. The summed E-state index contributed by atoms with van der Waals surface area (Å²) in [6, 6.07) is 90.5. The van der Waals surface area contributed by atoms with Crippen LogP contribution in [0.2, 0.25) is 0 Å². The number of phenolic OH excluding ortho intramolecular Hbond substituents is 2. The van der Waals surface area contributed by atoms with Gasteiger partial charge in [0.1, 0.15) is 17.1 Å². The zero-order valence-corrected chi connectivity index (χ0v) is 84.1. The number of hydrogen-bond donors (Lipinski definition) is 18. The highest BCUT2D eigenvalue weighted by molar-refractivity contribution is 5.76. The van der Waals surface area contributed by atoms with Gasteiger partial charge in [-0.3, -0.25) is 0 Å². The second-order valence-electron chi connectivity index (χ2n) is 34.5. The number of aromatic hydroxyl groups is 2. The summed E-state index contributed by atoms with van der Waals surface area (Å²) in [7, 11) is 6.11. The molecule has 0 bridgehead atoms. The maximum Gasteiger partial charge on any atom is 0.133 e. The number of imidazole rings is 5. The average Bonchev–Trinajstić information content (AvgIpc) is 1.49. The number of nitrogen functional groups attached to an aromatic ring is 10. The number of phenols is 2. The minimum absolute atomic E-state index is 0.124. The van der Waals surface area contributed by atoms with Gasteiger partial charge in [0.15, 0.2) is 0 Å². The monoisotopic (exact) mass is 1900 g/mol. The van der Waals surface area contributed by atoms with Crippen LogP contribution in [0.5, 0.6) is 11.5 Å². The van der Waals surface area contributed by atoms with Crippen molar-refractivity contribution < 1.29 is 14.6 Å². The van der Waals surface area contributed by atoms with Gasteiger partial charge in [-0.05, 0) is 241 Å². The van der Waals surface area contributed by atoms with Crippen LogP contribution in [0, 0.1) is 41.5 Å². The third-order valence-corrected chi connectivity index (χ3v) is 23.6. The average molecular weight is 1900 g/mol. The van der Waals surface area contributed by atoms with Crippen LogP contribution in [-0.2, 0) is 6.54 Å². The molecular weight excluding hydrogens is 1760 g/mol. The number of aromatic amines is 5. The first-order valence-corrected chi connectivity index (χ1v) is 46.8. The van der Waals surface area contributed by atoms with E-state index in [4.69, 9.17) is 61.8 Å². The molecule has 25 nitrogen and oxygen atoms in total. The molecule has 0 spiro atoms. The second-order valence-corrected chi connectivity index (χ2v) is 34.5. The minimum atomic E-state index is -0.147. The zero-order chi connectivity index (χ0) is 103. The number of nitrogens with zero attached hydrogens (tertiary/aromatic N) is 6. The fourth-order valence-corrected chi connectivity index (χ4v) is 15.1. The van der Waals surface area contributed by atoms with E-state index in [1.54, 1.807) is 124 Å². The summed E-state index contributed by atoms with van der Waals surface area (Å²) in [4.78, 5) is 34.2. The molecule has 1 unspecified atom stereocenters. The first-order chi connectivity index (χ1) is 68.2. The van der Waals surface area contributed by atoms with Crippen molar-refractivity contribution in [1.29, 1.82) is 0 Å². The van der Waals surface area contributed by atoms with Crippen molar-refractivity contribution in [3.8, 4) is 11.5 Å². The molecule has 0 saturated carbocycles. The third kappa shape index (κ3) is 36.4. The molecule has 0 aliphatic carbocycles. The van der Waals surface area contributed by atoms with Gasteiger partial charge in [-0.25, -0.2) is 24.9 Å². The first kappa shape index (κ1) is 110. The quantitative estimate of drug-likeness (QED) is 0.0424. The maximum absolute atomic E-state index is 9.88. The predicted octanol–water partition coefficient (Wildman–Crippen LogP) is 24.4. The van der Waals surface area contributed by atoms with Crippen molar-refractivity contribution in [3.05, 3.63) is 479 Å². The third-order valence-electron chi connectivity index (χ3n) is 23.6. The topological polar surface area (TPSA) is 472 Å². The van der Waals surface area contributed by atoms with E-state index in [2.05, 4.69) is 258 Å². The molecule has 0 saturated heterocycles. The second kappa shape index (κ2) is 57.8. The van der Waals surface area contributed by atoms with Crippen molar-refractivity contribution in [2.75, 3.05) is 83.4 Å². The number of nitrogens with two attached hydrogens (primary N) is 10. The highest BCUT2D eigenvalue weighted by atomic mass is 16.3. The summed E-state index contributed by atoms with van der Waals surface area (Å²) < 4.78 is 5.12. The van der Waals surface area contributed by atoms with Gasteiger partial charge >= 0.3 is 0 Å². The van der Waals surface area contributed by atoms with Crippen LogP contribution >= 0.6 is 0 Å². The van der Waals surface area contributed by atoms with Crippen LogP contribution in [0.1, 0.15) is 183 Å². The van der Waals surface area contributed by atoms with Crippen LogP contribution in [0.15, 0.2) is 377 Å². The van der Waals surface area contributed by atoms with E-state index < -0.39 is 0 Å². The molecule has 19 rings (SSSR count). The Morgan fingerprint density at radius 1 is 0.303 bits per heavy atom. The molecule has 142 heavy (non-hydrogen) atoms. The summed E-state index contributed by atoms with van der Waals surface area (Å²) >= 11 is 0. The van der Waals surface area contributed by atoms with Crippen LogP contribution in [0.25, 0.3) is 11.0 Å². The van der Waals surface area contributed by atoms with E-state index >= 15 is 0 Å². The number of para-hydroxylation sites is 1. The molecule has 6 aromatic heterocycles. The fraction of sp³-hybridized carbons (Fsp3) is 0.188. The first-order valence-electron chi connectivity index (χ1n) is 46.8. The molecule has 0 aliphatic heterocycles. The number of fused-ring (bicyclic) bond motifs is 1. The highest BCUT2D eigenvalue weighted by Crippen LogP contribution is 2.39. The van der Waals surface area contributed by atoms with E-state index in [0.29, 0.717) is 46.2 Å². The Balaban J connectivity index is 0.000000195. The lowest BCUT2D eigenvalue weighted by Crippen LogP contribution is -2.08. The number of aromatic nitrogens is 10. The Labute approximate surface area is 836 Å². The van der Waals surface area contributed by atoms with Crippen molar-refractivity contribution >= 4 is 73.5 Å². The largest absolute Gasteiger partial charge is 0.508 e. The molecule has 6 heterocycles. The van der Waals surface area contributed by atoms with Gasteiger partial charge in [0.05, 0.1) is 37.9 Å². The van der Waals surface area contributed by atoms with Crippen molar-refractivity contribution in [1.82, 2.24) is 55.2 Å². The van der Waals surface area contributed by atoms with E-state index in [1.807, 2.05) is 143 Å². The van der Waals surface area contributed by atoms with Crippen LogP contribution in [0.3, 0.4) is 0 Å². The van der Waals surface area contributed by atoms with Gasteiger partial charge < -0.3 is 107 Å². The van der Waals surface area contributed by atoms with Gasteiger partial charge in [0.25, 0.3) is 0 Å². The Morgan fingerprint density at radius 2 is 0.613 bits per heavy atom. The van der Waals surface area contributed by atoms with E-state index in [-0.39, 0.29) is 23.3 Å². The Hall–Kier alpha value is -17.2. The lowest BCUT2D eigenvalue weighted by molar-refractivity contribution is 0.457. The normalized spacial score (nSPS) is 10.5. The molecule has 25 heteroatoms. The summed E-state index contributed by atoms with van der Waals surface area (Å²) in [6.45, 7) is 26.3. The number of aryl methyl sites for hydroxylation is 6. The number of furan rings is 1. The lowest BCUT2D eigenvalue weighted by Gasteiger charge is -2.18. The molecule has 0 fully saturated rings. The van der Waals surface area contributed by atoms with Crippen molar-refractivity contribution in [2.24, 2.45) is 0 Å². The Bertz CT molecular complexity index is 6110. The number of benzene rings is 13. The van der Waals surface area contributed by atoms with Crippen LogP contribution < -0.4 is 67.6 Å². The molecule has 0 aliphatic rings. The SMILES string of the molecule is CC(c1ccc(N)cc1)c1ccc(N)cc1.CC(c1ccc(N)cc1O)c1ccc(N)cc1O.CNCc1ccc(C(C)c2ccc(N(C)C)cc2)cc1.Cc1cc(C(C)c2ccc(N)c(C)c2)ccc1N.Cc1cc(N)ccc1C(C)c1ccc(N)cc1C.Cc1ccc(N)c(C(C)c2cc(C)ccc2N)c1.c1c[nH]cn1.c1c[nH]cn1.c1c[nH]cn1.c1c[nH]cn1.c1c[nH]cn1.c1ccc2occc2c1. The number of nitrogens with one attached hydrogen (secondary N) is 6. The number of H-pyrrole nitrogens is 5. The van der Waals surface area contributed by atoms with Crippen LogP contribution in [-0.4, -0.2) is 81.2 Å². The van der Waals surface area contributed by atoms with Gasteiger partial charge in [-0.1, -0.05) is 204 Å². The summed E-state index contributed by atoms with van der Waals surface area (Å²) in [6.07, 6.45) is 27.1. The summed E-state index contributed by atoms with van der Waals surface area (Å²) in [5, 5.41) is 24.1. The van der Waals surface area contributed by atoms with E-state index in [0.717, 1.165) is 85.3 Å². The molecule has 19 aromatic rings. The maximum atomic E-state index is 9.88. The zero-order valence-electron chi connectivity index (χ0n) is 84.1. The van der Waals surface area contributed by atoms with E-state index in [1.165, 1.54) is 90.1 Å². The smallest absolute Gasteiger partial charge is 0.133 e. The predicted molar refractivity (Wildman–Crippen MR) is 595 cm³/mol. The summed E-state index contributed by atoms with van der Waals surface area (Å²) in [5.74, 6) is 1.80. The molecular formula is C117H142N22O3. The fourth-order valence-electron chi connectivity index (χ4n) is 15.1. The van der Waals surface area contributed by atoms with Gasteiger partial charge in [-0.15, -0.1) is 0 Å². The number of rotatable bonds is 15. The molecule has 1 atom stereocenters. The number of anilines is 11. The van der Waals surface area contributed by atoms with Crippen molar-refractivity contribution in [3.63, 3.8) is 0 Å². The van der Waals surface area contributed by atoms with Crippen LogP contribution in [0.4, 0.5) is 62.6 Å². The Morgan fingerprint density at radius 3 is 0.930 bits per heavy atom. The molecule has 0 amide bonds. The van der Waals surface area contributed by atoms with Gasteiger partial charge in [-0.2, -0.15) is 0 Å². The van der Waals surface area contributed by atoms with E-state index in [9.17, 15) is 10.2 Å². The highest BCUT2D eigenvalue weighted by Gasteiger charge is 2.20. The van der Waals surface area contributed by atoms with Gasteiger partial charge in [0.2, 0.25) is 0 Å². The molecule has 28 N–H and O–H groups in total. The molecule has 13 aromatic carbocycles.